The van der Waals surface area contributed by atoms with Gasteiger partial charge in [0.2, 0.25) is 0 Å². The molecule has 5 heterocycles. The maximum absolute atomic E-state index is 2.55. The number of benzene rings is 9. The van der Waals surface area contributed by atoms with Crippen LogP contribution in [0.4, 0.5) is 0 Å². The summed E-state index contributed by atoms with van der Waals surface area (Å²) < 4.78 is 7.45. The van der Waals surface area contributed by atoms with Crippen molar-refractivity contribution < 1.29 is 0 Å². The smallest absolute Gasteiger partial charge is 0.0765 e. The van der Waals surface area contributed by atoms with Gasteiger partial charge in [-0.15, -0.1) is 0 Å². The Hall–Kier alpha value is -7.27. The molecule has 1 atom stereocenters. The second kappa shape index (κ2) is 11.4. The standard InChI is InChI=1S/C55H33N3S/c1-2-15-34(16-3-1)56-46-24-9-5-18-37(46)40-31-35(29-30-49(40)56)57-47-25-10-6-19-38(47)41-32-53-45(33-51(41)57)55(43-22-8-13-28-52(43)59-53)42-21-7-12-27-50(42)58-48-26-11-4-17-36(48)39-20-14-23-44(55)54(39)58/h1-33H. The number of nitrogens with zero attached hydrogens (tertiary/aromatic N) is 3. The van der Waals surface area contributed by atoms with Crippen molar-refractivity contribution in [2.24, 2.45) is 0 Å². The summed E-state index contributed by atoms with van der Waals surface area (Å²) in [6.45, 7) is 0. The third kappa shape index (κ3) is 3.95. The molecular formula is C55H33N3S. The van der Waals surface area contributed by atoms with Gasteiger partial charge in [0.25, 0.3) is 0 Å². The highest BCUT2D eigenvalue weighted by atomic mass is 32.2. The summed E-state index contributed by atoms with van der Waals surface area (Å²) in [5.74, 6) is 0. The third-order valence-electron chi connectivity index (χ3n) is 13.3. The van der Waals surface area contributed by atoms with Crippen LogP contribution in [0, 0.1) is 0 Å². The first kappa shape index (κ1) is 31.8. The molecule has 14 rings (SSSR count). The summed E-state index contributed by atoms with van der Waals surface area (Å²) in [6, 6.07) is 74.8. The van der Waals surface area contributed by atoms with Gasteiger partial charge in [-0.3, -0.25) is 0 Å². The lowest BCUT2D eigenvalue weighted by Gasteiger charge is -2.45. The van der Waals surface area contributed by atoms with Gasteiger partial charge in [-0.2, -0.15) is 0 Å². The Labute approximate surface area is 344 Å². The van der Waals surface area contributed by atoms with Crippen LogP contribution in [0.2, 0.25) is 0 Å². The molecule has 0 saturated heterocycles. The molecule has 0 N–H and O–H groups in total. The number of hydrogen-bond donors (Lipinski definition) is 0. The van der Waals surface area contributed by atoms with Gasteiger partial charge in [-0.25, -0.2) is 0 Å². The maximum Gasteiger partial charge on any atom is 0.0765 e. The topological polar surface area (TPSA) is 14.8 Å². The Balaban J connectivity index is 1.12. The van der Waals surface area contributed by atoms with E-state index in [4.69, 9.17) is 0 Å². The van der Waals surface area contributed by atoms with Gasteiger partial charge in [0.05, 0.1) is 44.2 Å². The van der Waals surface area contributed by atoms with Gasteiger partial charge >= 0.3 is 0 Å². The minimum Gasteiger partial charge on any atom is -0.309 e. The Morgan fingerprint density at radius 1 is 0.305 bits per heavy atom. The van der Waals surface area contributed by atoms with E-state index in [1.165, 1.54) is 109 Å². The first-order valence-corrected chi connectivity index (χ1v) is 21.2. The van der Waals surface area contributed by atoms with Crippen LogP contribution in [0.3, 0.4) is 0 Å². The second-order valence-electron chi connectivity index (χ2n) is 16.0. The zero-order valence-corrected chi connectivity index (χ0v) is 32.6. The van der Waals surface area contributed by atoms with Crippen molar-refractivity contribution in [3.05, 3.63) is 222 Å². The minimum absolute atomic E-state index is 0.555. The van der Waals surface area contributed by atoms with Gasteiger partial charge in [-0.1, -0.05) is 139 Å². The molecule has 2 aliphatic rings. The van der Waals surface area contributed by atoms with E-state index in [1.807, 2.05) is 11.8 Å². The highest BCUT2D eigenvalue weighted by molar-refractivity contribution is 7.99. The lowest BCUT2D eigenvalue weighted by molar-refractivity contribution is 0.690. The van der Waals surface area contributed by atoms with Crippen LogP contribution in [-0.4, -0.2) is 13.7 Å². The van der Waals surface area contributed by atoms with Crippen LogP contribution >= 0.6 is 11.8 Å². The number of rotatable bonds is 2. The molecule has 0 fully saturated rings. The Morgan fingerprint density at radius 3 is 1.64 bits per heavy atom. The number of aromatic nitrogens is 3. The Bertz CT molecular complexity index is 3770. The molecule has 9 aromatic carbocycles. The fraction of sp³-hybridized carbons (Fsp3) is 0.0182. The van der Waals surface area contributed by atoms with E-state index in [0.29, 0.717) is 0 Å². The zero-order valence-electron chi connectivity index (χ0n) is 31.8. The molecule has 0 saturated carbocycles. The van der Waals surface area contributed by atoms with Gasteiger partial charge < -0.3 is 13.7 Å². The lowest BCUT2D eigenvalue weighted by atomic mass is 9.62. The van der Waals surface area contributed by atoms with Crippen LogP contribution in [-0.2, 0) is 5.41 Å². The molecule has 0 bridgehead atoms. The molecule has 3 aromatic heterocycles. The summed E-state index contributed by atoms with van der Waals surface area (Å²) in [7, 11) is 0. The van der Waals surface area contributed by atoms with Crippen LogP contribution < -0.4 is 0 Å². The number of fused-ring (bicyclic) bond motifs is 17. The summed E-state index contributed by atoms with van der Waals surface area (Å²) in [6.07, 6.45) is 0. The predicted molar refractivity (Wildman–Crippen MR) is 245 cm³/mol. The maximum atomic E-state index is 2.55. The normalized spacial score (nSPS) is 15.5. The van der Waals surface area contributed by atoms with E-state index < -0.39 is 5.41 Å². The van der Waals surface area contributed by atoms with Crippen LogP contribution in [0.25, 0.3) is 82.5 Å². The summed E-state index contributed by atoms with van der Waals surface area (Å²) >= 11 is 1.91. The molecule has 1 unspecified atom stereocenters. The molecule has 274 valence electrons. The van der Waals surface area contributed by atoms with Gasteiger partial charge in [-0.05, 0) is 95.1 Å². The summed E-state index contributed by atoms with van der Waals surface area (Å²) in [5, 5.41) is 7.60. The monoisotopic (exact) mass is 767 g/mol. The van der Waals surface area contributed by atoms with Crippen molar-refractivity contribution in [2.45, 2.75) is 15.2 Å². The summed E-state index contributed by atoms with van der Waals surface area (Å²) in [5.41, 5.74) is 15.7. The lowest BCUT2D eigenvalue weighted by Crippen LogP contribution is -2.37. The molecule has 2 aliphatic heterocycles. The highest BCUT2D eigenvalue weighted by Crippen LogP contribution is 2.61. The van der Waals surface area contributed by atoms with Crippen LogP contribution in [0.1, 0.15) is 22.3 Å². The molecule has 0 aliphatic carbocycles. The average Bonchev–Trinajstić information content (AvgIpc) is 3.93. The van der Waals surface area contributed by atoms with Gasteiger partial charge in [0.1, 0.15) is 0 Å². The Kier molecular flexibility index (Phi) is 6.16. The van der Waals surface area contributed by atoms with Crippen LogP contribution in [0.5, 0.6) is 0 Å². The molecule has 4 heteroatoms. The van der Waals surface area contributed by atoms with E-state index in [1.54, 1.807) is 0 Å². The molecule has 1 spiro atoms. The van der Waals surface area contributed by atoms with Crippen molar-refractivity contribution in [1.82, 2.24) is 13.7 Å². The van der Waals surface area contributed by atoms with E-state index >= 15 is 0 Å². The molecule has 59 heavy (non-hydrogen) atoms. The first-order chi connectivity index (χ1) is 29.3. The van der Waals surface area contributed by atoms with E-state index in [2.05, 4.69) is 214 Å². The van der Waals surface area contributed by atoms with Gasteiger partial charge in [0, 0.05) is 53.5 Å². The SMILES string of the molecule is c1ccc(-n2c3ccccc3c3cc(-n4c5ccccc5c5cc6c(cc54)C4(c5ccccc5S6)c5ccccc5-n5c6ccccc6c6cccc4c65)ccc32)cc1. The molecule has 0 amide bonds. The van der Waals surface area contributed by atoms with Gasteiger partial charge in [0.15, 0.2) is 0 Å². The number of para-hydroxylation sites is 6. The van der Waals surface area contributed by atoms with Crippen molar-refractivity contribution in [1.29, 1.82) is 0 Å². The van der Waals surface area contributed by atoms with Crippen molar-refractivity contribution in [3.63, 3.8) is 0 Å². The largest absolute Gasteiger partial charge is 0.309 e. The quantitative estimate of drug-likeness (QED) is 0.171. The minimum atomic E-state index is -0.555. The van der Waals surface area contributed by atoms with Crippen molar-refractivity contribution >= 4 is 77.2 Å². The molecular weight excluding hydrogens is 735 g/mol. The van der Waals surface area contributed by atoms with E-state index in [-0.39, 0.29) is 0 Å². The van der Waals surface area contributed by atoms with Crippen molar-refractivity contribution in [3.8, 4) is 17.1 Å². The predicted octanol–water partition coefficient (Wildman–Crippen LogP) is 14.1. The second-order valence-corrected chi connectivity index (χ2v) is 17.1. The van der Waals surface area contributed by atoms with Crippen LogP contribution in [0.15, 0.2) is 210 Å². The molecule has 0 radical (unpaired) electrons. The third-order valence-corrected chi connectivity index (χ3v) is 14.4. The van der Waals surface area contributed by atoms with E-state index in [0.717, 1.165) is 5.69 Å². The first-order valence-electron chi connectivity index (χ1n) is 20.4. The van der Waals surface area contributed by atoms with E-state index in [9.17, 15) is 0 Å². The fourth-order valence-electron chi connectivity index (χ4n) is 11.0. The fourth-order valence-corrected chi connectivity index (χ4v) is 12.2. The average molecular weight is 768 g/mol. The summed E-state index contributed by atoms with van der Waals surface area (Å²) in [4.78, 5) is 2.61. The highest BCUT2D eigenvalue weighted by Gasteiger charge is 2.49. The Morgan fingerprint density at radius 2 is 0.864 bits per heavy atom. The zero-order chi connectivity index (χ0) is 38.4. The number of hydrogen-bond acceptors (Lipinski definition) is 1. The molecule has 12 aromatic rings. The molecule has 3 nitrogen and oxygen atoms in total. The van der Waals surface area contributed by atoms with Crippen molar-refractivity contribution in [2.75, 3.05) is 0 Å².